The summed E-state index contributed by atoms with van der Waals surface area (Å²) >= 11 is 5.72. The highest BCUT2D eigenvalue weighted by Gasteiger charge is 2.11. The SMILES string of the molecule is O=C(COC(=O)c1cc[n+]([O-])cc1)Nc1ccc(Cl)cc1. The summed E-state index contributed by atoms with van der Waals surface area (Å²) in [6, 6.07) is 9.15. The zero-order valence-electron chi connectivity index (χ0n) is 10.8. The molecule has 2 rings (SSSR count). The molecule has 1 amide bonds. The lowest BCUT2D eigenvalue weighted by molar-refractivity contribution is -0.605. The number of aromatic nitrogens is 1. The van der Waals surface area contributed by atoms with Crippen LogP contribution < -0.4 is 10.0 Å². The molecule has 1 N–H and O–H groups in total. The van der Waals surface area contributed by atoms with Crippen LogP contribution in [0.1, 0.15) is 10.4 Å². The van der Waals surface area contributed by atoms with Gasteiger partial charge in [-0.05, 0) is 24.3 Å². The summed E-state index contributed by atoms with van der Waals surface area (Å²) in [5.74, 6) is -1.15. The van der Waals surface area contributed by atoms with Gasteiger partial charge in [0, 0.05) is 22.8 Å². The van der Waals surface area contributed by atoms with Gasteiger partial charge in [0.1, 0.15) is 0 Å². The van der Waals surface area contributed by atoms with Crippen LogP contribution in [-0.2, 0) is 9.53 Å². The Morgan fingerprint density at radius 1 is 1.14 bits per heavy atom. The van der Waals surface area contributed by atoms with Crippen LogP contribution in [0.25, 0.3) is 0 Å². The van der Waals surface area contributed by atoms with Crippen LogP contribution in [0.3, 0.4) is 0 Å². The number of anilines is 1. The zero-order chi connectivity index (χ0) is 15.2. The molecule has 0 bridgehead atoms. The molecule has 0 fully saturated rings. The summed E-state index contributed by atoms with van der Waals surface area (Å²) in [6.45, 7) is -0.423. The standard InChI is InChI=1S/C14H11ClN2O4/c15-11-1-3-12(4-2-11)16-13(18)9-21-14(19)10-5-7-17(20)8-6-10/h1-8H,9H2,(H,16,18). The summed E-state index contributed by atoms with van der Waals surface area (Å²) in [4.78, 5) is 23.2. The number of hydrogen-bond donors (Lipinski definition) is 1. The molecule has 1 aromatic heterocycles. The highest BCUT2D eigenvalue weighted by atomic mass is 35.5. The van der Waals surface area contributed by atoms with Crippen molar-refractivity contribution < 1.29 is 19.1 Å². The van der Waals surface area contributed by atoms with E-state index in [9.17, 15) is 14.8 Å². The number of amides is 1. The van der Waals surface area contributed by atoms with E-state index >= 15 is 0 Å². The molecule has 0 spiro atoms. The van der Waals surface area contributed by atoms with Gasteiger partial charge < -0.3 is 15.3 Å². The van der Waals surface area contributed by atoms with Crippen molar-refractivity contribution in [3.63, 3.8) is 0 Å². The average molecular weight is 307 g/mol. The fourth-order valence-corrected chi connectivity index (χ4v) is 1.62. The van der Waals surface area contributed by atoms with Gasteiger partial charge in [0.2, 0.25) is 0 Å². The van der Waals surface area contributed by atoms with Crippen molar-refractivity contribution in [2.24, 2.45) is 0 Å². The van der Waals surface area contributed by atoms with Crippen molar-refractivity contribution in [2.45, 2.75) is 0 Å². The maximum absolute atomic E-state index is 11.6. The number of carbonyl (C=O) groups is 2. The van der Waals surface area contributed by atoms with E-state index < -0.39 is 18.5 Å². The van der Waals surface area contributed by atoms with E-state index in [0.717, 1.165) is 0 Å². The molecule has 0 saturated carbocycles. The van der Waals surface area contributed by atoms with E-state index in [-0.39, 0.29) is 5.56 Å². The molecule has 6 nitrogen and oxygen atoms in total. The highest BCUT2D eigenvalue weighted by Crippen LogP contribution is 2.13. The molecule has 1 heterocycles. The molecule has 0 unspecified atom stereocenters. The zero-order valence-corrected chi connectivity index (χ0v) is 11.5. The molecule has 1 aromatic carbocycles. The number of nitrogens with one attached hydrogen (secondary N) is 1. The van der Waals surface area contributed by atoms with Crippen LogP contribution in [-0.4, -0.2) is 18.5 Å². The third kappa shape index (κ3) is 4.47. The lowest BCUT2D eigenvalue weighted by Gasteiger charge is -2.06. The molecule has 0 aliphatic rings. The number of nitrogens with zero attached hydrogens (tertiary/aromatic N) is 1. The van der Waals surface area contributed by atoms with Crippen LogP contribution in [0.4, 0.5) is 5.69 Å². The predicted octanol–water partition coefficient (Wildman–Crippen LogP) is 1.77. The third-order valence-corrected chi connectivity index (χ3v) is 2.75. The molecule has 7 heteroatoms. The molecular formula is C14H11ClN2O4. The summed E-state index contributed by atoms with van der Waals surface area (Å²) in [7, 11) is 0. The van der Waals surface area contributed by atoms with E-state index in [1.807, 2.05) is 0 Å². The van der Waals surface area contributed by atoms with E-state index in [1.165, 1.54) is 24.5 Å². The van der Waals surface area contributed by atoms with Gasteiger partial charge in [-0.3, -0.25) is 4.79 Å². The van der Waals surface area contributed by atoms with E-state index in [1.54, 1.807) is 24.3 Å². The Balaban J connectivity index is 1.84. The minimum Gasteiger partial charge on any atom is -0.619 e. The Labute approximate surface area is 125 Å². The first kappa shape index (κ1) is 14.8. The second kappa shape index (κ2) is 6.71. The molecule has 21 heavy (non-hydrogen) atoms. The van der Waals surface area contributed by atoms with Crippen LogP contribution in [0, 0.1) is 5.21 Å². The van der Waals surface area contributed by atoms with E-state index in [2.05, 4.69) is 5.32 Å². The predicted molar refractivity (Wildman–Crippen MR) is 75.8 cm³/mol. The number of hydrogen-bond acceptors (Lipinski definition) is 4. The number of pyridine rings is 1. The Bertz CT molecular complexity index is 641. The first-order valence-electron chi connectivity index (χ1n) is 5.96. The molecule has 0 radical (unpaired) electrons. The number of benzene rings is 1. The maximum atomic E-state index is 11.6. The summed E-state index contributed by atoms with van der Waals surface area (Å²) < 4.78 is 5.38. The van der Waals surface area contributed by atoms with Gasteiger partial charge in [-0.1, -0.05) is 11.6 Å². The van der Waals surface area contributed by atoms with Crippen molar-refractivity contribution in [3.05, 3.63) is 64.6 Å². The Kier molecular flexibility index (Phi) is 4.73. The monoisotopic (exact) mass is 306 g/mol. The number of carbonyl (C=O) groups excluding carboxylic acids is 2. The summed E-state index contributed by atoms with van der Waals surface area (Å²) in [5.41, 5.74) is 0.744. The number of rotatable bonds is 4. The third-order valence-electron chi connectivity index (χ3n) is 2.50. The topological polar surface area (TPSA) is 82.3 Å². The Morgan fingerprint density at radius 2 is 1.76 bits per heavy atom. The molecule has 108 valence electrons. The highest BCUT2D eigenvalue weighted by molar-refractivity contribution is 6.30. The lowest BCUT2D eigenvalue weighted by atomic mass is 10.3. The smallest absolute Gasteiger partial charge is 0.339 e. The van der Waals surface area contributed by atoms with Gasteiger partial charge in [-0.25, -0.2) is 4.79 Å². The first-order chi connectivity index (χ1) is 10.0. The second-order valence-electron chi connectivity index (χ2n) is 4.08. The van der Waals surface area contributed by atoms with E-state index in [0.29, 0.717) is 15.4 Å². The molecule has 0 aliphatic carbocycles. The molecule has 0 atom stereocenters. The fourth-order valence-electron chi connectivity index (χ4n) is 1.49. The van der Waals surface area contributed by atoms with Crippen LogP contribution in [0.5, 0.6) is 0 Å². The number of esters is 1. The van der Waals surface area contributed by atoms with Crippen LogP contribution >= 0.6 is 11.6 Å². The second-order valence-corrected chi connectivity index (χ2v) is 4.51. The molecule has 2 aromatic rings. The van der Waals surface area contributed by atoms with Crippen molar-refractivity contribution >= 4 is 29.2 Å². The number of halogens is 1. The van der Waals surface area contributed by atoms with Crippen molar-refractivity contribution in [2.75, 3.05) is 11.9 Å². The van der Waals surface area contributed by atoms with Crippen LogP contribution in [0.2, 0.25) is 5.02 Å². The van der Waals surface area contributed by atoms with Gasteiger partial charge in [0.15, 0.2) is 19.0 Å². The van der Waals surface area contributed by atoms with Crippen molar-refractivity contribution in [1.82, 2.24) is 0 Å². The largest absolute Gasteiger partial charge is 0.619 e. The molecule has 0 saturated heterocycles. The first-order valence-corrected chi connectivity index (χ1v) is 6.34. The summed E-state index contributed by atoms with van der Waals surface area (Å²) in [5, 5.41) is 13.9. The lowest BCUT2D eigenvalue weighted by Crippen LogP contribution is -2.25. The number of ether oxygens (including phenoxy) is 1. The van der Waals surface area contributed by atoms with Crippen molar-refractivity contribution in [3.8, 4) is 0 Å². The van der Waals surface area contributed by atoms with Gasteiger partial charge in [-0.2, -0.15) is 4.73 Å². The fraction of sp³-hybridized carbons (Fsp3) is 0.0714. The van der Waals surface area contributed by atoms with Gasteiger partial charge in [0.05, 0.1) is 5.56 Å². The Morgan fingerprint density at radius 3 is 2.38 bits per heavy atom. The quantitative estimate of drug-likeness (QED) is 0.530. The average Bonchev–Trinajstić information content (AvgIpc) is 2.48. The van der Waals surface area contributed by atoms with Crippen LogP contribution in [0.15, 0.2) is 48.8 Å². The van der Waals surface area contributed by atoms with Gasteiger partial charge in [-0.15, -0.1) is 0 Å². The minimum absolute atomic E-state index is 0.196. The molecule has 0 aliphatic heterocycles. The van der Waals surface area contributed by atoms with E-state index in [4.69, 9.17) is 16.3 Å². The molecular weight excluding hydrogens is 296 g/mol. The summed E-state index contributed by atoms with van der Waals surface area (Å²) in [6.07, 6.45) is 2.34. The van der Waals surface area contributed by atoms with Crippen molar-refractivity contribution in [1.29, 1.82) is 0 Å². The maximum Gasteiger partial charge on any atom is 0.339 e. The Hall–Kier alpha value is -2.60. The van der Waals surface area contributed by atoms with Gasteiger partial charge >= 0.3 is 5.97 Å². The van der Waals surface area contributed by atoms with Gasteiger partial charge in [0.25, 0.3) is 5.91 Å². The normalized spacial score (nSPS) is 9.95. The minimum atomic E-state index is -0.679.